The quantitative estimate of drug-likeness (QED) is 0.344. The second-order valence-corrected chi connectivity index (χ2v) is 8.94. The van der Waals surface area contributed by atoms with Gasteiger partial charge in [0.05, 0.1) is 32.8 Å². The minimum absolute atomic E-state index is 0.0928. The third-order valence-corrected chi connectivity index (χ3v) is 5.96. The van der Waals surface area contributed by atoms with Crippen LogP contribution >= 0.6 is 0 Å². The van der Waals surface area contributed by atoms with Gasteiger partial charge in [-0.05, 0) is 38.3 Å². The predicted octanol–water partition coefficient (Wildman–Crippen LogP) is 1.29. The molecule has 10 heteroatoms. The molecule has 3 N–H and O–H groups in total. The molecule has 200 valence electrons. The highest BCUT2D eigenvalue weighted by molar-refractivity contribution is 5.94. The zero-order valence-corrected chi connectivity index (χ0v) is 21.5. The van der Waals surface area contributed by atoms with Crippen LogP contribution in [0.3, 0.4) is 0 Å². The molecule has 3 rings (SSSR count). The van der Waals surface area contributed by atoms with E-state index in [1.54, 1.807) is 14.0 Å². The van der Waals surface area contributed by atoms with E-state index in [0.717, 1.165) is 31.4 Å². The zero-order valence-electron chi connectivity index (χ0n) is 21.5. The highest BCUT2D eigenvalue weighted by atomic mass is 16.6. The first-order chi connectivity index (χ1) is 17.3. The molecular formula is C26H39N3O7. The van der Waals surface area contributed by atoms with Crippen LogP contribution in [0, 0.1) is 12.8 Å². The summed E-state index contributed by atoms with van der Waals surface area (Å²) in [5, 5.41) is 7.54. The molecule has 0 radical (unpaired) electrons. The van der Waals surface area contributed by atoms with Crippen molar-refractivity contribution in [2.45, 2.75) is 58.1 Å². The van der Waals surface area contributed by atoms with E-state index in [1.807, 2.05) is 24.3 Å². The van der Waals surface area contributed by atoms with Crippen molar-refractivity contribution in [2.24, 2.45) is 5.92 Å². The maximum atomic E-state index is 12.3. The summed E-state index contributed by atoms with van der Waals surface area (Å²) < 4.78 is 14.9. The molecule has 10 nitrogen and oxygen atoms in total. The Balaban J connectivity index is 0.000000425. The number of carbonyl (C=O) groups excluding carboxylic acids is 4. The Morgan fingerprint density at radius 1 is 1.00 bits per heavy atom. The Labute approximate surface area is 212 Å². The Morgan fingerprint density at radius 3 is 2.19 bits per heavy atom. The fourth-order valence-electron chi connectivity index (χ4n) is 3.85. The van der Waals surface area contributed by atoms with Gasteiger partial charge in [-0.15, -0.1) is 0 Å². The van der Waals surface area contributed by atoms with Gasteiger partial charge in [-0.25, -0.2) is 0 Å². The van der Waals surface area contributed by atoms with Crippen LogP contribution in [-0.4, -0.2) is 75.7 Å². The smallest absolute Gasteiger partial charge is 0.246 e. The van der Waals surface area contributed by atoms with Crippen LogP contribution in [0.5, 0.6) is 5.75 Å². The number of carbonyl (C=O) groups is 4. The van der Waals surface area contributed by atoms with Crippen molar-refractivity contribution in [1.82, 2.24) is 16.0 Å². The number of ether oxygens (including phenoxy) is 3. The van der Waals surface area contributed by atoms with Crippen LogP contribution < -0.4 is 20.7 Å². The number of hydrogen-bond donors (Lipinski definition) is 3. The first-order valence-corrected chi connectivity index (χ1v) is 12.5. The lowest BCUT2D eigenvalue weighted by molar-refractivity contribution is -0.130. The Kier molecular flexibility index (Phi) is 12.9. The summed E-state index contributed by atoms with van der Waals surface area (Å²) in [5.74, 6) is -0.0539. The van der Waals surface area contributed by atoms with E-state index in [0.29, 0.717) is 25.6 Å². The SMILES string of the molecule is CCOCC(=O)NCC(=O)NCC(=O)NC(CC1CCCC1)C(=O)[C@H]1CO1.COc1ccc(C)cc1. The first kappa shape index (κ1) is 29.3. The third kappa shape index (κ3) is 11.6. The van der Waals surface area contributed by atoms with Crippen molar-refractivity contribution in [1.29, 1.82) is 0 Å². The van der Waals surface area contributed by atoms with Crippen LogP contribution in [0.15, 0.2) is 24.3 Å². The number of aryl methyl sites for hydroxylation is 1. The largest absolute Gasteiger partial charge is 0.497 e. The lowest BCUT2D eigenvalue weighted by atomic mass is 9.94. The van der Waals surface area contributed by atoms with Crippen LogP contribution in [-0.2, 0) is 28.7 Å². The highest BCUT2D eigenvalue weighted by Crippen LogP contribution is 2.29. The molecule has 1 saturated heterocycles. The van der Waals surface area contributed by atoms with Gasteiger partial charge in [0.2, 0.25) is 17.7 Å². The van der Waals surface area contributed by atoms with Crippen LogP contribution in [0.4, 0.5) is 0 Å². The molecule has 0 aromatic heterocycles. The molecule has 1 aliphatic heterocycles. The van der Waals surface area contributed by atoms with E-state index >= 15 is 0 Å². The molecule has 1 unspecified atom stereocenters. The molecule has 36 heavy (non-hydrogen) atoms. The molecule has 2 fully saturated rings. The molecule has 1 aliphatic carbocycles. The first-order valence-electron chi connectivity index (χ1n) is 12.5. The fraction of sp³-hybridized carbons (Fsp3) is 0.615. The van der Waals surface area contributed by atoms with Crippen LogP contribution in [0.25, 0.3) is 0 Å². The maximum absolute atomic E-state index is 12.3. The Morgan fingerprint density at radius 2 is 1.61 bits per heavy atom. The maximum Gasteiger partial charge on any atom is 0.246 e. The van der Waals surface area contributed by atoms with Gasteiger partial charge in [-0.1, -0.05) is 43.4 Å². The van der Waals surface area contributed by atoms with Gasteiger partial charge in [0, 0.05) is 6.61 Å². The van der Waals surface area contributed by atoms with E-state index in [9.17, 15) is 19.2 Å². The summed E-state index contributed by atoms with van der Waals surface area (Å²) in [4.78, 5) is 47.5. The van der Waals surface area contributed by atoms with E-state index in [-0.39, 0.29) is 25.5 Å². The number of methoxy groups -OCH3 is 1. The summed E-state index contributed by atoms with van der Waals surface area (Å²) in [6, 6.07) is 7.39. The van der Waals surface area contributed by atoms with Crippen LogP contribution in [0.1, 0.15) is 44.6 Å². The molecule has 0 bridgehead atoms. The minimum Gasteiger partial charge on any atom is -0.497 e. The van der Waals surface area contributed by atoms with E-state index in [1.165, 1.54) is 5.56 Å². The monoisotopic (exact) mass is 505 g/mol. The molecule has 2 aliphatic rings. The van der Waals surface area contributed by atoms with Crippen molar-refractivity contribution in [3.05, 3.63) is 29.8 Å². The minimum atomic E-state index is -0.573. The molecular weight excluding hydrogens is 466 g/mol. The van der Waals surface area contributed by atoms with E-state index in [4.69, 9.17) is 14.2 Å². The standard InChI is InChI=1S/C18H29N3O6.C8H10O/c1-2-26-11-17(24)20-8-15(22)19-9-16(23)21-13(18(25)14-10-27-14)7-12-5-3-4-6-12;1-7-3-5-8(9-2)6-4-7/h12-14H,2-11H2,1H3,(H,19,22)(H,20,24)(H,21,23);3-6H,1-2H3/t13?,14-;/m1./s1. The molecule has 3 amide bonds. The highest BCUT2D eigenvalue weighted by Gasteiger charge is 2.38. The van der Waals surface area contributed by atoms with E-state index in [2.05, 4.69) is 22.9 Å². The lowest BCUT2D eigenvalue weighted by Crippen LogP contribution is -2.48. The summed E-state index contributed by atoms with van der Waals surface area (Å²) in [5.41, 5.74) is 1.26. The number of epoxide rings is 1. The number of rotatable bonds is 13. The number of Topliss-reactive ketones (excluding diaryl/α,β-unsaturated/α-hetero) is 1. The van der Waals surface area contributed by atoms with Crippen molar-refractivity contribution >= 4 is 23.5 Å². The lowest BCUT2D eigenvalue weighted by Gasteiger charge is -2.20. The summed E-state index contributed by atoms with van der Waals surface area (Å²) in [6.45, 7) is 4.04. The third-order valence-electron chi connectivity index (χ3n) is 5.96. The van der Waals surface area contributed by atoms with Gasteiger partial charge < -0.3 is 30.2 Å². The Bertz CT molecular complexity index is 850. The van der Waals surface area contributed by atoms with Gasteiger partial charge in [0.25, 0.3) is 0 Å². The number of nitrogens with one attached hydrogen (secondary N) is 3. The van der Waals surface area contributed by atoms with Gasteiger partial charge in [0.1, 0.15) is 18.5 Å². The summed E-state index contributed by atoms with van der Waals surface area (Å²) in [7, 11) is 1.67. The van der Waals surface area contributed by atoms with Gasteiger partial charge in [-0.2, -0.15) is 0 Å². The normalized spacial score (nSPS) is 17.2. The number of amides is 3. The Hall–Kier alpha value is -2.98. The van der Waals surface area contributed by atoms with Gasteiger partial charge in [0.15, 0.2) is 5.78 Å². The average Bonchev–Trinajstić information content (AvgIpc) is 3.61. The number of benzene rings is 1. The second kappa shape index (κ2) is 15.9. The summed E-state index contributed by atoms with van der Waals surface area (Å²) >= 11 is 0. The van der Waals surface area contributed by atoms with Crippen LogP contribution in [0.2, 0.25) is 0 Å². The zero-order chi connectivity index (χ0) is 26.3. The molecule has 1 heterocycles. The molecule has 1 aromatic carbocycles. The second-order valence-electron chi connectivity index (χ2n) is 8.94. The van der Waals surface area contributed by atoms with Crippen molar-refractivity contribution in [3.63, 3.8) is 0 Å². The van der Waals surface area contributed by atoms with Crippen molar-refractivity contribution in [2.75, 3.05) is 40.0 Å². The molecule has 1 saturated carbocycles. The topological polar surface area (TPSA) is 135 Å². The molecule has 1 aromatic rings. The van der Waals surface area contributed by atoms with Gasteiger partial charge in [-0.3, -0.25) is 19.2 Å². The summed E-state index contributed by atoms with van der Waals surface area (Å²) in [6.07, 6.45) is 4.67. The average molecular weight is 506 g/mol. The molecule has 0 spiro atoms. The van der Waals surface area contributed by atoms with E-state index < -0.39 is 29.9 Å². The van der Waals surface area contributed by atoms with Crippen molar-refractivity contribution < 1.29 is 33.4 Å². The molecule has 2 atom stereocenters. The number of ketones is 1. The number of hydrogen-bond acceptors (Lipinski definition) is 7. The van der Waals surface area contributed by atoms with Gasteiger partial charge >= 0.3 is 0 Å². The fourth-order valence-corrected chi connectivity index (χ4v) is 3.85. The predicted molar refractivity (Wildman–Crippen MR) is 133 cm³/mol. The van der Waals surface area contributed by atoms with Crippen molar-refractivity contribution in [3.8, 4) is 5.75 Å².